The Morgan fingerprint density at radius 1 is 1.36 bits per heavy atom. The Kier molecular flexibility index (Phi) is 7.73. The summed E-state index contributed by atoms with van der Waals surface area (Å²) in [6.45, 7) is 4.68. The molecule has 0 amide bonds. The van der Waals surface area contributed by atoms with Crippen molar-refractivity contribution in [1.29, 1.82) is 0 Å². The van der Waals surface area contributed by atoms with Crippen LogP contribution in [-0.4, -0.2) is 61.3 Å². The van der Waals surface area contributed by atoms with Gasteiger partial charge in [0, 0.05) is 26.1 Å². The van der Waals surface area contributed by atoms with Crippen LogP contribution in [-0.2, 0) is 16.0 Å². The first-order valence-corrected chi connectivity index (χ1v) is 8.97. The maximum absolute atomic E-state index is 11.6. The van der Waals surface area contributed by atoms with E-state index in [1.807, 2.05) is 37.3 Å². The molecule has 6 nitrogen and oxygen atoms in total. The number of esters is 1. The molecular weight excluding hydrogens is 318 g/mol. The number of aliphatic hydroxyl groups excluding tert-OH is 1. The molecule has 1 aliphatic rings. The number of hydrogen-bond donors (Lipinski definition) is 2. The minimum atomic E-state index is -0.510. The summed E-state index contributed by atoms with van der Waals surface area (Å²) in [5.74, 6) is 0.658. The van der Waals surface area contributed by atoms with Gasteiger partial charge < -0.3 is 20.1 Å². The Bertz CT molecular complexity index is 554. The number of guanidine groups is 1. The largest absolute Gasteiger partial charge is 0.469 e. The minimum Gasteiger partial charge on any atom is -0.469 e. The fourth-order valence-electron chi connectivity index (χ4n) is 3.06. The number of aliphatic imine (C=N–C) groups is 1. The Morgan fingerprint density at radius 2 is 2.04 bits per heavy atom. The number of methoxy groups -OCH3 is 1. The van der Waals surface area contributed by atoms with E-state index in [1.54, 1.807) is 0 Å². The lowest BCUT2D eigenvalue weighted by Crippen LogP contribution is -2.47. The summed E-state index contributed by atoms with van der Waals surface area (Å²) in [6.07, 6.45) is 1.62. The lowest BCUT2D eigenvalue weighted by atomic mass is 9.97. The number of carbonyl (C=O) groups excluding carboxylic acids is 1. The van der Waals surface area contributed by atoms with Crippen LogP contribution in [0.3, 0.4) is 0 Å². The van der Waals surface area contributed by atoms with Crippen LogP contribution in [0.4, 0.5) is 0 Å². The third kappa shape index (κ3) is 6.05. The number of aliphatic hydroxyl groups is 1. The van der Waals surface area contributed by atoms with Crippen LogP contribution >= 0.6 is 0 Å². The average Bonchev–Trinajstić information content (AvgIpc) is 2.65. The van der Waals surface area contributed by atoms with Gasteiger partial charge >= 0.3 is 5.97 Å². The Balaban J connectivity index is 1.89. The molecule has 1 atom stereocenters. The summed E-state index contributed by atoms with van der Waals surface area (Å²) >= 11 is 0. The first kappa shape index (κ1) is 19.2. The Morgan fingerprint density at radius 3 is 2.64 bits per heavy atom. The molecule has 0 aliphatic carbocycles. The van der Waals surface area contributed by atoms with Gasteiger partial charge in [0.05, 0.1) is 25.7 Å². The van der Waals surface area contributed by atoms with Crippen molar-refractivity contribution in [2.45, 2.75) is 32.3 Å². The molecule has 1 unspecified atom stereocenters. The molecule has 0 aromatic heterocycles. The van der Waals surface area contributed by atoms with Crippen LogP contribution in [0.1, 0.15) is 25.3 Å². The SMILES string of the molecule is CCNC(=NCC(O)Cc1ccccc1)N1CCC(C(=O)OC)CC1. The molecule has 1 heterocycles. The van der Waals surface area contributed by atoms with Crippen LogP contribution in [0.25, 0.3) is 0 Å². The van der Waals surface area contributed by atoms with Crippen molar-refractivity contribution in [2.75, 3.05) is 33.3 Å². The van der Waals surface area contributed by atoms with E-state index in [2.05, 4.69) is 15.2 Å². The lowest BCUT2D eigenvalue weighted by molar-refractivity contribution is -0.146. The van der Waals surface area contributed by atoms with Gasteiger partial charge in [-0.15, -0.1) is 0 Å². The predicted molar refractivity (Wildman–Crippen MR) is 98.4 cm³/mol. The molecule has 1 aromatic rings. The molecule has 0 bridgehead atoms. The van der Waals surface area contributed by atoms with E-state index < -0.39 is 6.10 Å². The van der Waals surface area contributed by atoms with E-state index in [4.69, 9.17) is 4.74 Å². The second-order valence-electron chi connectivity index (χ2n) is 6.32. The maximum atomic E-state index is 11.6. The quantitative estimate of drug-likeness (QED) is 0.463. The highest BCUT2D eigenvalue weighted by molar-refractivity contribution is 5.80. The fourth-order valence-corrected chi connectivity index (χ4v) is 3.06. The van der Waals surface area contributed by atoms with Crippen molar-refractivity contribution in [1.82, 2.24) is 10.2 Å². The van der Waals surface area contributed by atoms with Gasteiger partial charge in [-0.2, -0.15) is 0 Å². The van der Waals surface area contributed by atoms with Crippen molar-refractivity contribution >= 4 is 11.9 Å². The molecule has 2 N–H and O–H groups in total. The summed E-state index contributed by atoms with van der Waals surface area (Å²) in [7, 11) is 1.44. The van der Waals surface area contributed by atoms with Crippen LogP contribution < -0.4 is 5.32 Å². The molecule has 0 saturated carbocycles. The van der Waals surface area contributed by atoms with Gasteiger partial charge in [-0.05, 0) is 25.3 Å². The van der Waals surface area contributed by atoms with E-state index in [0.717, 1.165) is 44.0 Å². The van der Waals surface area contributed by atoms with Crippen LogP contribution in [0.15, 0.2) is 35.3 Å². The number of benzene rings is 1. The third-order valence-corrected chi connectivity index (χ3v) is 4.43. The van der Waals surface area contributed by atoms with E-state index in [-0.39, 0.29) is 11.9 Å². The predicted octanol–water partition coefficient (Wildman–Crippen LogP) is 1.44. The highest BCUT2D eigenvalue weighted by atomic mass is 16.5. The molecule has 0 radical (unpaired) electrons. The Labute approximate surface area is 149 Å². The van der Waals surface area contributed by atoms with Gasteiger partial charge in [0.1, 0.15) is 0 Å². The Hall–Kier alpha value is -2.08. The summed E-state index contributed by atoms with van der Waals surface area (Å²) in [4.78, 5) is 18.4. The minimum absolute atomic E-state index is 0.0206. The molecule has 6 heteroatoms. The van der Waals surface area contributed by atoms with Crippen LogP contribution in [0.2, 0.25) is 0 Å². The smallest absolute Gasteiger partial charge is 0.308 e. The van der Waals surface area contributed by atoms with Gasteiger partial charge in [0.2, 0.25) is 0 Å². The zero-order chi connectivity index (χ0) is 18.1. The molecule has 138 valence electrons. The van der Waals surface area contributed by atoms with Gasteiger partial charge in [-0.25, -0.2) is 0 Å². The van der Waals surface area contributed by atoms with Crippen molar-refractivity contribution in [3.63, 3.8) is 0 Å². The molecular formula is C19H29N3O3. The number of hydrogen-bond acceptors (Lipinski definition) is 4. The van der Waals surface area contributed by atoms with Gasteiger partial charge in [0.25, 0.3) is 0 Å². The number of nitrogens with zero attached hydrogens (tertiary/aromatic N) is 2. The summed E-state index contributed by atoms with van der Waals surface area (Å²) in [6, 6.07) is 9.93. The number of nitrogens with one attached hydrogen (secondary N) is 1. The fraction of sp³-hybridized carbons (Fsp3) is 0.579. The van der Waals surface area contributed by atoms with Crippen molar-refractivity contribution < 1.29 is 14.6 Å². The molecule has 1 fully saturated rings. The normalized spacial score (nSPS) is 17.2. The van der Waals surface area contributed by atoms with Crippen LogP contribution in [0.5, 0.6) is 0 Å². The molecule has 2 rings (SSSR count). The molecule has 25 heavy (non-hydrogen) atoms. The van der Waals surface area contributed by atoms with Gasteiger partial charge in [-0.1, -0.05) is 30.3 Å². The number of rotatable bonds is 6. The number of ether oxygens (including phenoxy) is 1. The number of carbonyl (C=O) groups is 1. The molecule has 0 spiro atoms. The standard InChI is InChI=1S/C19H29N3O3/c1-3-20-19(22-11-9-16(10-12-22)18(24)25-2)21-14-17(23)13-15-7-5-4-6-8-15/h4-8,16-17,23H,3,9-14H2,1-2H3,(H,20,21). The highest BCUT2D eigenvalue weighted by Gasteiger charge is 2.27. The van der Waals surface area contributed by atoms with Crippen LogP contribution in [0, 0.1) is 5.92 Å². The first-order chi connectivity index (χ1) is 12.1. The first-order valence-electron chi connectivity index (χ1n) is 8.97. The summed E-state index contributed by atoms with van der Waals surface area (Å²) < 4.78 is 4.83. The van der Waals surface area contributed by atoms with E-state index in [1.165, 1.54) is 7.11 Å². The zero-order valence-corrected chi connectivity index (χ0v) is 15.1. The highest BCUT2D eigenvalue weighted by Crippen LogP contribution is 2.18. The summed E-state index contributed by atoms with van der Waals surface area (Å²) in [5.41, 5.74) is 1.11. The second-order valence-corrected chi connectivity index (χ2v) is 6.32. The van der Waals surface area contributed by atoms with E-state index in [9.17, 15) is 9.90 Å². The maximum Gasteiger partial charge on any atom is 0.308 e. The lowest BCUT2D eigenvalue weighted by Gasteiger charge is -2.33. The topological polar surface area (TPSA) is 74.2 Å². The van der Waals surface area contributed by atoms with Gasteiger partial charge in [0.15, 0.2) is 5.96 Å². The monoisotopic (exact) mass is 347 g/mol. The third-order valence-electron chi connectivity index (χ3n) is 4.43. The van der Waals surface area contributed by atoms with Crippen molar-refractivity contribution in [3.05, 3.63) is 35.9 Å². The van der Waals surface area contributed by atoms with Gasteiger partial charge in [-0.3, -0.25) is 9.79 Å². The van der Waals surface area contributed by atoms with Crippen molar-refractivity contribution in [2.24, 2.45) is 10.9 Å². The second kappa shape index (κ2) is 10.0. The summed E-state index contributed by atoms with van der Waals surface area (Å²) in [5, 5.41) is 13.5. The molecule has 1 saturated heterocycles. The van der Waals surface area contributed by atoms with E-state index in [0.29, 0.717) is 13.0 Å². The number of likely N-dealkylation sites (tertiary alicyclic amines) is 1. The van der Waals surface area contributed by atoms with Crippen molar-refractivity contribution in [3.8, 4) is 0 Å². The van der Waals surface area contributed by atoms with E-state index >= 15 is 0 Å². The molecule has 1 aromatic carbocycles. The zero-order valence-electron chi connectivity index (χ0n) is 15.1. The number of piperidine rings is 1. The average molecular weight is 347 g/mol. The molecule has 1 aliphatic heterocycles.